The van der Waals surface area contributed by atoms with Gasteiger partial charge in [0.2, 0.25) is 5.91 Å². The molecule has 1 fully saturated rings. The van der Waals surface area contributed by atoms with Gasteiger partial charge in [0, 0.05) is 18.2 Å². The Morgan fingerprint density at radius 2 is 2.23 bits per heavy atom. The second-order valence-electron chi connectivity index (χ2n) is 5.87. The highest BCUT2D eigenvalue weighted by atomic mass is 16.5. The van der Waals surface area contributed by atoms with E-state index >= 15 is 0 Å². The van der Waals surface area contributed by atoms with E-state index in [0.29, 0.717) is 19.4 Å². The highest BCUT2D eigenvalue weighted by molar-refractivity contribution is 5.87. The van der Waals surface area contributed by atoms with Crippen LogP contribution in [0, 0.1) is 13.8 Å². The highest BCUT2D eigenvalue weighted by Gasteiger charge is 2.23. The van der Waals surface area contributed by atoms with E-state index in [2.05, 4.69) is 21.1 Å². The summed E-state index contributed by atoms with van der Waals surface area (Å²) in [6, 6.07) is -0.847. The van der Waals surface area contributed by atoms with Gasteiger partial charge in [0.05, 0.1) is 5.69 Å². The third-order valence-electron chi connectivity index (χ3n) is 3.91. The molecule has 1 aromatic heterocycles. The minimum absolute atomic E-state index is 0.0781. The van der Waals surface area contributed by atoms with Crippen LogP contribution in [-0.2, 0) is 11.2 Å². The van der Waals surface area contributed by atoms with Crippen LogP contribution in [0.1, 0.15) is 43.2 Å². The van der Waals surface area contributed by atoms with Crippen molar-refractivity contribution in [1.29, 1.82) is 0 Å². The number of urea groups is 1. The highest BCUT2D eigenvalue weighted by Crippen LogP contribution is 2.14. The minimum Gasteiger partial charge on any atom is -0.361 e. The van der Waals surface area contributed by atoms with Crippen LogP contribution in [0.4, 0.5) is 4.79 Å². The van der Waals surface area contributed by atoms with Crippen molar-refractivity contribution in [2.75, 3.05) is 6.54 Å². The molecule has 22 heavy (non-hydrogen) atoms. The van der Waals surface area contributed by atoms with Gasteiger partial charge in [-0.05, 0) is 46.5 Å². The first-order valence-corrected chi connectivity index (χ1v) is 7.74. The van der Waals surface area contributed by atoms with Gasteiger partial charge >= 0.3 is 6.03 Å². The second-order valence-corrected chi connectivity index (χ2v) is 5.87. The van der Waals surface area contributed by atoms with Gasteiger partial charge in [-0.2, -0.15) is 0 Å². The lowest BCUT2D eigenvalue weighted by Gasteiger charge is -2.19. The van der Waals surface area contributed by atoms with Gasteiger partial charge in [-0.15, -0.1) is 0 Å². The molecule has 1 aliphatic heterocycles. The number of rotatable bonds is 4. The summed E-state index contributed by atoms with van der Waals surface area (Å²) in [5, 5.41) is 12.3. The molecule has 2 rings (SSSR count). The van der Waals surface area contributed by atoms with Crippen LogP contribution < -0.4 is 16.0 Å². The summed E-state index contributed by atoms with van der Waals surface area (Å²) in [5.74, 6) is 0.667. The summed E-state index contributed by atoms with van der Waals surface area (Å²) < 4.78 is 5.12. The molecule has 122 valence electrons. The van der Waals surface area contributed by atoms with Crippen LogP contribution >= 0.6 is 0 Å². The van der Waals surface area contributed by atoms with Crippen LogP contribution in [0.3, 0.4) is 0 Å². The Bertz CT molecular complexity index is 521. The lowest BCUT2D eigenvalue weighted by Crippen LogP contribution is -2.51. The molecule has 0 bridgehead atoms. The Morgan fingerprint density at radius 3 is 2.91 bits per heavy atom. The number of hydrogen-bond acceptors (Lipinski definition) is 4. The van der Waals surface area contributed by atoms with E-state index in [1.165, 1.54) is 0 Å². The molecule has 2 atom stereocenters. The van der Waals surface area contributed by atoms with Crippen LogP contribution in [0.5, 0.6) is 0 Å². The molecule has 0 radical (unpaired) electrons. The maximum atomic E-state index is 12.0. The lowest BCUT2D eigenvalue weighted by atomic mass is 10.1. The molecule has 3 N–H and O–H groups in total. The zero-order valence-electron chi connectivity index (χ0n) is 13.4. The third-order valence-corrected chi connectivity index (χ3v) is 3.91. The van der Waals surface area contributed by atoms with Crippen molar-refractivity contribution < 1.29 is 14.1 Å². The van der Waals surface area contributed by atoms with E-state index in [1.807, 2.05) is 20.8 Å². The van der Waals surface area contributed by atoms with E-state index < -0.39 is 6.04 Å². The zero-order valence-corrected chi connectivity index (χ0v) is 13.4. The molecule has 0 saturated carbocycles. The molecule has 1 aliphatic rings. The summed E-state index contributed by atoms with van der Waals surface area (Å²) in [5.41, 5.74) is 1.86. The Balaban J connectivity index is 1.84. The molecule has 0 unspecified atom stereocenters. The van der Waals surface area contributed by atoms with Crippen LogP contribution in [0.15, 0.2) is 4.52 Å². The normalized spacial score (nSPS) is 20.0. The molecular weight excluding hydrogens is 284 g/mol. The number of nitrogens with zero attached hydrogens (tertiary/aromatic N) is 1. The van der Waals surface area contributed by atoms with Crippen molar-refractivity contribution in [3.05, 3.63) is 17.0 Å². The fourth-order valence-electron chi connectivity index (χ4n) is 2.65. The number of carbonyl (C=O) groups is 2. The predicted molar refractivity (Wildman–Crippen MR) is 81.5 cm³/mol. The molecule has 3 amide bonds. The van der Waals surface area contributed by atoms with Crippen molar-refractivity contribution in [1.82, 2.24) is 21.1 Å². The topological polar surface area (TPSA) is 96.3 Å². The molecule has 2 heterocycles. The minimum atomic E-state index is -0.450. The van der Waals surface area contributed by atoms with Gasteiger partial charge in [-0.1, -0.05) is 5.16 Å². The summed E-state index contributed by atoms with van der Waals surface area (Å²) >= 11 is 0. The van der Waals surface area contributed by atoms with E-state index in [0.717, 1.165) is 29.9 Å². The molecule has 0 spiro atoms. The van der Waals surface area contributed by atoms with Gasteiger partial charge in [-0.3, -0.25) is 4.79 Å². The van der Waals surface area contributed by atoms with Gasteiger partial charge < -0.3 is 20.5 Å². The number of nitrogens with one attached hydrogen (secondary N) is 3. The Morgan fingerprint density at radius 1 is 1.45 bits per heavy atom. The van der Waals surface area contributed by atoms with Crippen molar-refractivity contribution in [3.8, 4) is 0 Å². The quantitative estimate of drug-likeness (QED) is 0.778. The second kappa shape index (κ2) is 7.29. The van der Waals surface area contributed by atoms with Crippen LogP contribution in [-0.4, -0.2) is 35.7 Å². The molecular formula is C15H24N4O3. The van der Waals surface area contributed by atoms with Crippen molar-refractivity contribution in [3.63, 3.8) is 0 Å². The van der Waals surface area contributed by atoms with Crippen molar-refractivity contribution >= 4 is 11.9 Å². The summed E-state index contributed by atoms with van der Waals surface area (Å²) in [6.07, 6.45) is 3.20. The number of amides is 3. The summed E-state index contributed by atoms with van der Waals surface area (Å²) in [6.45, 7) is 6.34. The molecule has 7 heteroatoms. The fourth-order valence-corrected chi connectivity index (χ4v) is 2.65. The summed E-state index contributed by atoms with van der Waals surface area (Å²) in [7, 11) is 0. The van der Waals surface area contributed by atoms with Gasteiger partial charge in [-0.25, -0.2) is 4.79 Å². The fraction of sp³-hybridized carbons (Fsp3) is 0.667. The maximum absolute atomic E-state index is 12.0. The van der Waals surface area contributed by atoms with E-state index in [1.54, 1.807) is 0 Å². The molecule has 7 nitrogen and oxygen atoms in total. The molecule has 0 aliphatic carbocycles. The maximum Gasteiger partial charge on any atom is 0.315 e. The Labute approximate surface area is 130 Å². The van der Waals surface area contributed by atoms with Crippen LogP contribution in [0.25, 0.3) is 0 Å². The largest absolute Gasteiger partial charge is 0.361 e. The van der Waals surface area contributed by atoms with Gasteiger partial charge in [0.15, 0.2) is 0 Å². The van der Waals surface area contributed by atoms with Crippen molar-refractivity contribution in [2.45, 2.75) is 58.5 Å². The average Bonchev–Trinajstić information content (AvgIpc) is 2.65. The first-order valence-electron chi connectivity index (χ1n) is 7.74. The molecule has 1 aromatic rings. The predicted octanol–water partition coefficient (Wildman–Crippen LogP) is 1.19. The Kier molecular flexibility index (Phi) is 5.41. The van der Waals surface area contributed by atoms with Crippen LogP contribution in [0.2, 0.25) is 0 Å². The van der Waals surface area contributed by atoms with E-state index in [4.69, 9.17) is 4.52 Å². The zero-order chi connectivity index (χ0) is 16.1. The van der Waals surface area contributed by atoms with Crippen molar-refractivity contribution in [2.24, 2.45) is 0 Å². The smallest absolute Gasteiger partial charge is 0.315 e. The SMILES string of the molecule is Cc1noc(C)c1C[C@H](C)NC(=O)N[C@H]1CCCCNC1=O. The van der Waals surface area contributed by atoms with Gasteiger partial charge in [0.1, 0.15) is 11.8 Å². The first kappa shape index (κ1) is 16.3. The number of hydrogen-bond donors (Lipinski definition) is 3. The van der Waals surface area contributed by atoms with E-state index in [-0.39, 0.29) is 18.0 Å². The standard InChI is InChI=1S/C15H24N4O3/c1-9(8-12-10(2)19-22-11(12)3)17-15(21)18-13-6-4-5-7-16-14(13)20/h9,13H,4-8H2,1-3H3,(H,16,20)(H2,17,18,21)/t9-,13-/m0/s1. The first-order chi connectivity index (χ1) is 10.5. The van der Waals surface area contributed by atoms with Gasteiger partial charge in [0.25, 0.3) is 0 Å². The number of aryl methyl sites for hydroxylation is 2. The van der Waals surface area contributed by atoms with E-state index in [9.17, 15) is 9.59 Å². The third kappa shape index (κ3) is 4.22. The number of carbonyl (C=O) groups excluding carboxylic acids is 2. The molecule has 1 saturated heterocycles. The lowest BCUT2D eigenvalue weighted by molar-refractivity contribution is -0.122. The Hall–Kier alpha value is -2.05. The molecule has 0 aromatic carbocycles. The average molecular weight is 308 g/mol. The summed E-state index contributed by atoms with van der Waals surface area (Å²) in [4.78, 5) is 23.8. The number of aromatic nitrogens is 1. The monoisotopic (exact) mass is 308 g/mol.